The van der Waals surface area contributed by atoms with E-state index >= 15 is 0 Å². The molecule has 2 aromatic carbocycles. The molecule has 0 atom stereocenters. The van der Waals surface area contributed by atoms with Gasteiger partial charge >= 0.3 is 0 Å². The Hall–Kier alpha value is -2.57. The zero-order valence-electron chi connectivity index (χ0n) is 15.5. The molecular formula is C21H25FN4O+2. The average molecular weight is 368 g/mol. The van der Waals surface area contributed by atoms with Crippen LogP contribution in [0.1, 0.15) is 12.7 Å². The van der Waals surface area contributed by atoms with Gasteiger partial charge in [0.1, 0.15) is 38.5 Å². The van der Waals surface area contributed by atoms with Crippen molar-refractivity contribution in [3.8, 4) is 5.69 Å². The number of hydrogen-bond acceptors (Lipinski definition) is 2. The van der Waals surface area contributed by atoms with Gasteiger partial charge in [-0.2, -0.15) is 0 Å². The predicted octanol–water partition coefficient (Wildman–Crippen LogP) is -0.172. The second kappa shape index (κ2) is 7.58. The van der Waals surface area contributed by atoms with Crippen LogP contribution in [0.4, 0.5) is 4.39 Å². The Balaban J connectivity index is 1.77. The van der Waals surface area contributed by atoms with E-state index in [-0.39, 0.29) is 11.4 Å². The molecule has 0 radical (unpaired) electrons. The highest BCUT2D eigenvalue weighted by Gasteiger charge is 2.24. The molecule has 0 aliphatic carbocycles. The van der Waals surface area contributed by atoms with Gasteiger partial charge < -0.3 is 9.80 Å². The Bertz CT molecular complexity index is 991. The first kappa shape index (κ1) is 17.8. The van der Waals surface area contributed by atoms with E-state index in [0.717, 1.165) is 38.5 Å². The summed E-state index contributed by atoms with van der Waals surface area (Å²) in [6.07, 6.45) is 0. The molecule has 140 valence electrons. The predicted molar refractivity (Wildman–Crippen MR) is 103 cm³/mol. The van der Waals surface area contributed by atoms with Crippen molar-refractivity contribution in [2.75, 3.05) is 32.7 Å². The molecule has 0 unspecified atom stereocenters. The minimum atomic E-state index is -0.314. The summed E-state index contributed by atoms with van der Waals surface area (Å²) in [4.78, 5) is 21.1. The van der Waals surface area contributed by atoms with Crippen LogP contribution in [0.25, 0.3) is 16.6 Å². The van der Waals surface area contributed by atoms with Crippen molar-refractivity contribution in [3.63, 3.8) is 0 Å². The Labute approximate surface area is 157 Å². The molecule has 1 fully saturated rings. The Morgan fingerprint density at radius 2 is 1.67 bits per heavy atom. The fourth-order valence-corrected chi connectivity index (χ4v) is 3.86. The van der Waals surface area contributed by atoms with E-state index in [1.54, 1.807) is 27.7 Å². The maximum Gasteiger partial charge on any atom is 0.266 e. The highest BCUT2D eigenvalue weighted by atomic mass is 19.1. The molecule has 1 aliphatic heterocycles. The fourth-order valence-electron chi connectivity index (χ4n) is 3.86. The molecule has 2 heterocycles. The number of aromatic nitrogens is 2. The normalized spacial score (nSPS) is 20.1. The highest BCUT2D eigenvalue weighted by molar-refractivity contribution is 5.77. The van der Waals surface area contributed by atoms with Gasteiger partial charge in [-0.05, 0) is 43.3 Å². The number of rotatable bonds is 4. The van der Waals surface area contributed by atoms with E-state index in [9.17, 15) is 9.18 Å². The molecule has 0 spiro atoms. The monoisotopic (exact) mass is 368 g/mol. The summed E-state index contributed by atoms with van der Waals surface area (Å²) < 4.78 is 15.0. The average Bonchev–Trinajstić information content (AvgIpc) is 2.70. The summed E-state index contributed by atoms with van der Waals surface area (Å²) in [5.74, 6) is 0.423. The summed E-state index contributed by atoms with van der Waals surface area (Å²) >= 11 is 0. The van der Waals surface area contributed by atoms with E-state index in [1.165, 1.54) is 17.0 Å². The third-order valence-corrected chi connectivity index (χ3v) is 5.50. The Kier molecular flexibility index (Phi) is 5.01. The quantitative estimate of drug-likeness (QED) is 0.672. The lowest BCUT2D eigenvalue weighted by atomic mass is 10.2. The van der Waals surface area contributed by atoms with Crippen molar-refractivity contribution in [2.24, 2.45) is 0 Å². The molecule has 1 saturated heterocycles. The number of halogens is 1. The van der Waals surface area contributed by atoms with Crippen LogP contribution >= 0.6 is 0 Å². The fraction of sp³-hybridized carbons (Fsp3) is 0.333. The van der Waals surface area contributed by atoms with Gasteiger partial charge in [0.15, 0.2) is 5.82 Å². The van der Waals surface area contributed by atoms with Gasteiger partial charge in [0.25, 0.3) is 5.56 Å². The molecule has 0 amide bonds. The minimum absolute atomic E-state index is 0.0978. The van der Waals surface area contributed by atoms with Crippen LogP contribution in [0.5, 0.6) is 0 Å². The zero-order chi connectivity index (χ0) is 18.8. The molecule has 0 bridgehead atoms. The molecule has 1 aromatic heterocycles. The van der Waals surface area contributed by atoms with Gasteiger partial charge in [-0.3, -0.25) is 9.36 Å². The number of fused-ring (bicyclic) bond motifs is 1. The number of nitrogens with zero attached hydrogens (tertiary/aromatic N) is 2. The maximum absolute atomic E-state index is 13.4. The van der Waals surface area contributed by atoms with Crippen LogP contribution in [0, 0.1) is 5.82 Å². The summed E-state index contributed by atoms with van der Waals surface area (Å²) in [5.41, 5.74) is 1.28. The first-order chi connectivity index (χ1) is 13.2. The van der Waals surface area contributed by atoms with E-state index in [1.807, 2.05) is 18.2 Å². The van der Waals surface area contributed by atoms with Crippen molar-refractivity contribution in [1.82, 2.24) is 9.55 Å². The third-order valence-electron chi connectivity index (χ3n) is 5.50. The SMILES string of the molecule is CC[NH+]1CC[NH+](Cc2nc3ccccc3c(=O)n2-c2ccc(F)cc2)CC1. The molecular weight excluding hydrogens is 343 g/mol. The lowest BCUT2D eigenvalue weighted by molar-refractivity contribution is -1.02. The van der Waals surface area contributed by atoms with Crippen molar-refractivity contribution in [1.29, 1.82) is 0 Å². The van der Waals surface area contributed by atoms with Gasteiger partial charge in [-0.25, -0.2) is 9.37 Å². The zero-order valence-corrected chi connectivity index (χ0v) is 15.5. The Morgan fingerprint density at radius 1 is 1.00 bits per heavy atom. The second-order valence-electron chi connectivity index (χ2n) is 7.19. The number of piperazine rings is 1. The van der Waals surface area contributed by atoms with Gasteiger partial charge in [-0.15, -0.1) is 0 Å². The van der Waals surface area contributed by atoms with Gasteiger partial charge in [0.2, 0.25) is 0 Å². The van der Waals surface area contributed by atoms with E-state index in [0.29, 0.717) is 23.1 Å². The summed E-state index contributed by atoms with van der Waals surface area (Å²) in [6.45, 7) is 8.47. The maximum atomic E-state index is 13.4. The van der Waals surface area contributed by atoms with Crippen molar-refractivity contribution < 1.29 is 14.2 Å². The number of likely N-dealkylation sites (N-methyl/N-ethyl adjacent to an activating group) is 1. The second-order valence-corrected chi connectivity index (χ2v) is 7.19. The van der Waals surface area contributed by atoms with Crippen molar-refractivity contribution >= 4 is 10.9 Å². The molecule has 27 heavy (non-hydrogen) atoms. The van der Waals surface area contributed by atoms with Crippen LogP contribution in [0.15, 0.2) is 53.3 Å². The number of quaternary nitrogens is 2. The van der Waals surface area contributed by atoms with E-state index in [2.05, 4.69) is 6.92 Å². The number of para-hydroxylation sites is 1. The van der Waals surface area contributed by atoms with Crippen LogP contribution < -0.4 is 15.4 Å². The molecule has 4 rings (SSSR count). The van der Waals surface area contributed by atoms with E-state index < -0.39 is 0 Å². The molecule has 1 aliphatic rings. The van der Waals surface area contributed by atoms with E-state index in [4.69, 9.17) is 4.98 Å². The number of hydrogen-bond donors (Lipinski definition) is 2. The van der Waals surface area contributed by atoms with Crippen LogP contribution in [-0.2, 0) is 6.54 Å². The first-order valence-electron chi connectivity index (χ1n) is 9.59. The summed E-state index contributed by atoms with van der Waals surface area (Å²) in [5, 5.41) is 0.584. The molecule has 3 aromatic rings. The molecule has 0 saturated carbocycles. The molecule has 2 N–H and O–H groups in total. The molecule has 6 heteroatoms. The van der Waals surface area contributed by atoms with Crippen molar-refractivity contribution in [3.05, 3.63) is 70.5 Å². The molecule has 5 nitrogen and oxygen atoms in total. The van der Waals surface area contributed by atoms with Crippen molar-refractivity contribution in [2.45, 2.75) is 13.5 Å². The van der Waals surface area contributed by atoms with Crippen LogP contribution in [0.2, 0.25) is 0 Å². The van der Waals surface area contributed by atoms with Gasteiger partial charge in [-0.1, -0.05) is 12.1 Å². The van der Waals surface area contributed by atoms with Crippen LogP contribution in [-0.4, -0.2) is 42.3 Å². The topological polar surface area (TPSA) is 43.8 Å². The highest BCUT2D eigenvalue weighted by Crippen LogP contribution is 2.13. The smallest absolute Gasteiger partial charge is 0.266 e. The Morgan fingerprint density at radius 3 is 2.37 bits per heavy atom. The summed E-state index contributed by atoms with van der Waals surface area (Å²) in [7, 11) is 0. The number of benzene rings is 2. The first-order valence-corrected chi connectivity index (χ1v) is 9.59. The lowest BCUT2D eigenvalue weighted by Crippen LogP contribution is -3.27. The van der Waals surface area contributed by atoms with Gasteiger partial charge in [0.05, 0.1) is 23.1 Å². The minimum Gasteiger partial charge on any atom is -0.326 e. The summed E-state index contributed by atoms with van der Waals surface area (Å²) in [6, 6.07) is 13.5. The third kappa shape index (κ3) is 3.63. The van der Waals surface area contributed by atoms with Crippen LogP contribution in [0.3, 0.4) is 0 Å². The van der Waals surface area contributed by atoms with Gasteiger partial charge in [0, 0.05) is 0 Å². The standard InChI is InChI=1S/C21H23FN4O/c1-2-24-11-13-25(14-12-24)15-20-23-19-6-4-3-5-18(19)21(27)26(20)17-9-7-16(22)8-10-17/h3-10H,2,11-15H2,1H3/p+2. The lowest BCUT2D eigenvalue weighted by Gasteiger charge is -2.29. The largest absolute Gasteiger partial charge is 0.326 e. The number of nitrogens with one attached hydrogen (secondary N) is 2.